The zero-order chi connectivity index (χ0) is 14.2. The molecule has 1 saturated carbocycles. The largest absolute Gasteiger partial charge is 0.481 e. The first-order chi connectivity index (χ1) is 8.90. The zero-order valence-corrected chi connectivity index (χ0v) is 10.2. The summed E-state index contributed by atoms with van der Waals surface area (Å²) < 4.78 is 26.2. The molecule has 1 aromatic rings. The van der Waals surface area contributed by atoms with Crippen molar-refractivity contribution < 1.29 is 23.5 Å². The maximum absolute atomic E-state index is 13.5. The van der Waals surface area contributed by atoms with Crippen LogP contribution in [0.5, 0.6) is 0 Å². The van der Waals surface area contributed by atoms with E-state index in [1.165, 1.54) is 6.07 Å². The van der Waals surface area contributed by atoms with E-state index in [-0.39, 0.29) is 5.56 Å². The van der Waals surface area contributed by atoms with Gasteiger partial charge in [-0.1, -0.05) is 6.07 Å². The maximum atomic E-state index is 13.5. The molecule has 1 aliphatic carbocycles. The quantitative estimate of drug-likeness (QED) is 0.876. The Hall–Kier alpha value is -1.98. The monoisotopic (exact) mass is 269 g/mol. The van der Waals surface area contributed by atoms with Gasteiger partial charge in [0.1, 0.15) is 11.6 Å². The van der Waals surface area contributed by atoms with Crippen molar-refractivity contribution in [3.63, 3.8) is 0 Å². The Kier molecular flexibility index (Phi) is 3.50. The molecule has 0 aliphatic heterocycles. The van der Waals surface area contributed by atoms with Crippen LogP contribution in [0.15, 0.2) is 18.2 Å². The van der Waals surface area contributed by atoms with Crippen molar-refractivity contribution in [1.82, 2.24) is 5.32 Å². The summed E-state index contributed by atoms with van der Waals surface area (Å²) in [6.07, 6.45) is 0.305. The molecule has 0 spiro atoms. The first-order valence-electron chi connectivity index (χ1n) is 5.88. The normalized spacial score (nSPS) is 22.7. The molecule has 2 rings (SSSR count). The summed E-state index contributed by atoms with van der Waals surface area (Å²) in [4.78, 5) is 22.4. The van der Waals surface area contributed by atoms with Crippen molar-refractivity contribution in [3.05, 3.63) is 35.4 Å². The minimum absolute atomic E-state index is 0.169. The highest BCUT2D eigenvalue weighted by molar-refractivity contribution is 5.89. The van der Waals surface area contributed by atoms with E-state index in [0.717, 1.165) is 12.1 Å². The number of carboxylic acid groups (broad SMARTS) is 1. The van der Waals surface area contributed by atoms with E-state index in [4.69, 9.17) is 5.11 Å². The second-order valence-corrected chi connectivity index (χ2v) is 4.68. The third kappa shape index (κ3) is 2.89. The summed E-state index contributed by atoms with van der Waals surface area (Å²) in [7, 11) is 0. The number of rotatable bonds is 4. The van der Waals surface area contributed by atoms with Gasteiger partial charge in [0.05, 0.1) is 17.9 Å². The number of carbonyl (C=O) groups excluding carboxylic acids is 1. The molecule has 3 atom stereocenters. The van der Waals surface area contributed by atoms with E-state index < -0.39 is 41.4 Å². The standard InChI is InChI=1S/C13H13F2NO3/c1-6(8-3-2-7(14)4-11(8)15)16-12(17)9-5-10(9)13(18)19/h2-4,6,9-10H,5H2,1H3,(H,16,17)(H,18,19)/t6-,9+,10-/m0/s1. The lowest BCUT2D eigenvalue weighted by atomic mass is 10.1. The molecular formula is C13H13F2NO3. The van der Waals surface area contributed by atoms with Crippen molar-refractivity contribution in [1.29, 1.82) is 0 Å². The first kappa shape index (κ1) is 13.5. The third-order valence-electron chi connectivity index (χ3n) is 3.23. The van der Waals surface area contributed by atoms with Gasteiger partial charge in [-0.05, 0) is 19.4 Å². The minimum Gasteiger partial charge on any atom is -0.481 e. The number of hydrogen-bond donors (Lipinski definition) is 2. The van der Waals surface area contributed by atoms with Crippen LogP contribution in [-0.4, -0.2) is 17.0 Å². The van der Waals surface area contributed by atoms with E-state index in [9.17, 15) is 18.4 Å². The highest BCUT2D eigenvalue weighted by Gasteiger charge is 2.48. The summed E-state index contributed by atoms with van der Waals surface area (Å²) in [6.45, 7) is 1.56. The lowest BCUT2D eigenvalue weighted by Gasteiger charge is -2.15. The van der Waals surface area contributed by atoms with Crippen LogP contribution in [0.25, 0.3) is 0 Å². The molecule has 0 heterocycles. The summed E-state index contributed by atoms with van der Waals surface area (Å²) in [6, 6.07) is 2.48. The molecule has 2 N–H and O–H groups in total. The molecule has 0 bridgehead atoms. The zero-order valence-electron chi connectivity index (χ0n) is 10.2. The van der Waals surface area contributed by atoms with Gasteiger partial charge in [0.2, 0.25) is 5.91 Å². The second kappa shape index (κ2) is 4.95. The summed E-state index contributed by atoms with van der Waals surface area (Å²) >= 11 is 0. The van der Waals surface area contributed by atoms with Crippen LogP contribution in [0.2, 0.25) is 0 Å². The number of aliphatic carboxylic acids is 1. The fourth-order valence-corrected chi connectivity index (χ4v) is 2.01. The van der Waals surface area contributed by atoms with Gasteiger partial charge in [-0.2, -0.15) is 0 Å². The molecule has 6 heteroatoms. The molecular weight excluding hydrogens is 256 g/mol. The van der Waals surface area contributed by atoms with Crippen LogP contribution in [0, 0.1) is 23.5 Å². The van der Waals surface area contributed by atoms with Gasteiger partial charge in [-0.25, -0.2) is 8.78 Å². The number of hydrogen-bond acceptors (Lipinski definition) is 2. The van der Waals surface area contributed by atoms with E-state index >= 15 is 0 Å². The van der Waals surface area contributed by atoms with Gasteiger partial charge in [0.15, 0.2) is 0 Å². The van der Waals surface area contributed by atoms with E-state index in [1.54, 1.807) is 6.92 Å². The van der Waals surface area contributed by atoms with Crippen LogP contribution in [-0.2, 0) is 9.59 Å². The van der Waals surface area contributed by atoms with E-state index in [1.807, 2.05) is 0 Å². The first-order valence-corrected chi connectivity index (χ1v) is 5.88. The minimum atomic E-state index is -0.999. The molecule has 19 heavy (non-hydrogen) atoms. The second-order valence-electron chi connectivity index (χ2n) is 4.68. The Balaban J connectivity index is 2.00. The smallest absolute Gasteiger partial charge is 0.307 e. The van der Waals surface area contributed by atoms with Crippen molar-refractivity contribution >= 4 is 11.9 Å². The van der Waals surface area contributed by atoms with Crippen LogP contribution >= 0.6 is 0 Å². The third-order valence-corrected chi connectivity index (χ3v) is 3.23. The van der Waals surface area contributed by atoms with E-state index in [2.05, 4.69) is 5.32 Å². The van der Waals surface area contributed by atoms with Gasteiger partial charge < -0.3 is 10.4 Å². The Bertz CT molecular complexity index is 533. The van der Waals surface area contributed by atoms with Crippen molar-refractivity contribution in [2.45, 2.75) is 19.4 Å². The van der Waals surface area contributed by atoms with Gasteiger partial charge >= 0.3 is 5.97 Å². The van der Waals surface area contributed by atoms with Crippen LogP contribution in [0.4, 0.5) is 8.78 Å². The average Bonchev–Trinajstić information content (AvgIpc) is 3.08. The predicted octanol–water partition coefficient (Wildman–Crippen LogP) is 1.86. The van der Waals surface area contributed by atoms with Gasteiger partial charge in [0, 0.05) is 11.6 Å². The van der Waals surface area contributed by atoms with Crippen LogP contribution in [0.3, 0.4) is 0 Å². The fraction of sp³-hybridized carbons (Fsp3) is 0.385. The number of nitrogens with one attached hydrogen (secondary N) is 1. The van der Waals surface area contributed by atoms with Gasteiger partial charge in [0.25, 0.3) is 0 Å². The van der Waals surface area contributed by atoms with Crippen LogP contribution in [0.1, 0.15) is 24.9 Å². The number of amides is 1. The molecule has 0 unspecified atom stereocenters. The Morgan fingerprint density at radius 2 is 2.05 bits per heavy atom. The van der Waals surface area contributed by atoms with Crippen LogP contribution < -0.4 is 5.32 Å². The molecule has 0 radical (unpaired) electrons. The van der Waals surface area contributed by atoms with Crippen molar-refractivity contribution in [2.24, 2.45) is 11.8 Å². The van der Waals surface area contributed by atoms with Crippen molar-refractivity contribution in [3.8, 4) is 0 Å². The number of carboxylic acids is 1. The Morgan fingerprint density at radius 3 is 2.58 bits per heavy atom. The average molecular weight is 269 g/mol. The molecule has 0 aromatic heterocycles. The van der Waals surface area contributed by atoms with Gasteiger partial charge in [-0.15, -0.1) is 0 Å². The number of benzene rings is 1. The van der Waals surface area contributed by atoms with Crippen molar-refractivity contribution in [2.75, 3.05) is 0 Å². The topological polar surface area (TPSA) is 66.4 Å². The van der Waals surface area contributed by atoms with E-state index in [0.29, 0.717) is 6.42 Å². The summed E-state index contributed by atoms with van der Waals surface area (Å²) in [5, 5.41) is 11.3. The summed E-state index contributed by atoms with van der Waals surface area (Å²) in [5.41, 5.74) is 0.169. The Labute approximate surface area is 108 Å². The van der Waals surface area contributed by atoms with Gasteiger partial charge in [-0.3, -0.25) is 9.59 Å². The maximum Gasteiger partial charge on any atom is 0.307 e. The Morgan fingerprint density at radius 1 is 1.37 bits per heavy atom. The molecule has 1 aromatic carbocycles. The highest BCUT2D eigenvalue weighted by atomic mass is 19.1. The lowest BCUT2D eigenvalue weighted by Crippen LogP contribution is -2.29. The lowest BCUT2D eigenvalue weighted by molar-refractivity contribution is -0.140. The SMILES string of the molecule is C[C@H](NC(=O)[C@@H]1C[C@@H]1C(=O)O)c1ccc(F)cc1F. The molecule has 102 valence electrons. The molecule has 4 nitrogen and oxygen atoms in total. The number of halogens is 2. The molecule has 1 amide bonds. The fourth-order valence-electron chi connectivity index (χ4n) is 2.01. The molecule has 0 saturated heterocycles. The molecule has 1 fully saturated rings. The molecule has 1 aliphatic rings. The number of carbonyl (C=O) groups is 2. The summed E-state index contributed by atoms with van der Waals surface area (Å²) in [5.74, 6) is -4.04. The highest BCUT2D eigenvalue weighted by Crippen LogP contribution is 2.39. The predicted molar refractivity (Wildman–Crippen MR) is 62.1 cm³/mol.